The summed E-state index contributed by atoms with van der Waals surface area (Å²) in [6, 6.07) is 9.35. The Hall–Kier alpha value is -1.63. The number of nitrogens with zero attached hydrogens (tertiary/aromatic N) is 1. The van der Waals surface area contributed by atoms with E-state index in [2.05, 4.69) is 5.48 Å². The molecular formula is C14H20N2O4. The van der Waals surface area contributed by atoms with Gasteiger partial charge in [0, 0.05) is 6.54 Å². The van der Waals surface area contributed by atoms with E-state index >= 15 is 0 Å². The van der Waals surface area contributed by atoms with E-state index in [1.54, 1.807) is 0 Å². The van der Waals surface area contributed by atoms with Gasteiger partial charge in [0.15, 0.2) is 0 Å². The number of piperidine rings is 1. The molecule has 0 spiro atoms. The molecule has 0 aromatic heterocycles. The molecule has 0 saturated carbocycles. The van der Waals surface area contributed by atoms with Gasteiger partial charge in [0.25, 0.3) is 0 Å². The Bertz CT molecular complexity index is 426. The minimum absolute atomic E-state index is 0.154. The maximum atomic E-state index is 11.9. The van der Waals surface area contributed by atoms with Crippen molar-refractivity contribution in [3.8, 4) is 0 Å². The number of nitrogens with one attached hydrogen (secondary N) is 1. The first kappa shape index (κ1) is 14.8. The highest BCUT2D eigenvalue weighted by Gasteiger charge is 2.30. The van der Waals surface area contributed by atoms with Gasteiger partial charge >= 0.3 is 6.09 Å². The van der Waals surface area contributed by atoms with E-state index in [1.807, 2.05) is 30.3 Å². The number of amides is 1. The third kappa shape index (κ3) is 3.93. The molecule has 1 aromatic rings. The number of hydroxylamine groups is 1. The molecule has 0 bridgehead atoms. The smallest absolute Gasteiger partial charge is 0.410 e. The van der Waals surface area contributed by atoms with Gasteiger partial charge in [0.2, 0.25) is 0 Å². The fraction of sp³-hybridized carbons (Fsp3) is 0.500. The van der Waals surface area contributed by atoms with Gasteiger partial charge in [-0.25, -0.2) is 4.79 Å². The largest absolute Gasteiger partial charge is 0.445 e. The minimum Gasteiger partial charge on any atom is -0.445 e. The second-order valence-corrected chi connectivity index (χ2v) is 4.77. The van der Waals surface area contributed by atoms with Crippen molar-refractivity contribution in [2.24, 2.45) is 0 Å². The molecule has 2 atom stereocenters. The summed E-state index contributed by atoms with van der Waals surface area (Å²) in [7, 11) is 1.51. The minimum atomic E-state index is -0.659. The molecule has 6 heteroatoms. The number of aliphatic hydroxyl groups is 1. The first-order valence-corrected chi connectivity index (χ1v) is 6.63. The van der Waals surface area contributed by atoms with Crippen LogP contribution in [0.1, 0.15) is 12.0 Å². The van der Waals surface area contributed by atoms with Gasteiger partial charge in [-0.15, -0.1) is 0 Å². The highest BCUT2D eigenvalue weighted by molar-refractivity contribution is 5.67. The summed E-state index contributed by atoms with van der Waals surface area (Å²) < 4.78 is 5.24. The van der Waals surface area contributed by atoms with Crippen LogP contribution >= 0.6 is 0 Å². The van der Waals surface area contributed by atoms with Gasteiger partial charge in [-0.1, -0.05) is 30.3 Å². The molecule has 6 nitrogen and oxygen atoms in total. The van der Waals surface area contributed by atoms with Gasteiger partial charge in [-0.3, -0.25) is 0 Å². The van der Waals surface area contributed by atoms with Crippen LogP contribution in [-0.2, 0) is 16.2 Å². The lowest BCUT2D eigenvalue weighted by molar-refractivity contribution is -0.0316. The number of β-amino-alcohol motifs (C(OH)–C–C–N with tert-alkyl or cyclic N) is 1. The van der Waals surface area contributed by atoms with Crippen LogP contribution in [0.4, 0.5) is 4.79 Å². The summed E-state index contributed by atoms with van der Waals surface area (Å²) >= 11 is 0. The molecule has 0 unspecified atom stereocenters. The van der Waals surface area contributed by atoms with E-state index in [4.69, 9.17) is 9.57 Å². The number of benzene rings is 1. The van der Waals surface area contributed by atoms with Crippen molar-refractivity contribution in [3.63, 3.8) is 0 Å². The fourth-order valence-corrected chi connectivity index (χ4v) is 2.20. The number of aliphatic hydroxyl groups excluding tert-OH is 1. The second kappa shape index (κ2) is 7.23. The van der Waals surface area contributed by atoms with Gasteiger partial charge < -0.3 is 19.6 Å². The van der Waals surface area contributed by atoms with Gasteiger partial charge in [-0.05, 0) is 12.0 Å². The maximum absolute atomic E-state index is 11.9. The summed E-state index contributed by atoms with van der Waals surface area (Å²) in [4.78, 5) is 18.2. The average Bonchev–Trinajstić information content (AvgIpc) is 2.48. The maximum Gasteiger partial charge on any atom is 0.410 e. The number of carbonyl (C=O) groups is 1. The average molecular weight is 280 g/mol. The molecule has 2 rings (SSSR count). The SMILES string of the molecule is CON[C@@H]1CCN(C(=O)OCc2ccccc2)C[C@@H]1O. The first-order chi connectivity index (χ1) is 9.70. The molecule has 1 heterocycles. The molecule has 2 N–H and O–H groups in total. The third-order valence-corrected chi connectivity index (χ3v) is 3.31. The second-order valence-electron chi connectivity index (χ2n) is 4.77. The Morgan fingerprint density at radius 1 is 1.45 bits per heavy atom. The zero-order valence-corrected chi connectivity index (χ0v) is 11.5. The van der Waals surface area contributed by atoms with Crippen molar-refractivity contribution >= 4 is 6.09 Å². The van der Waals surface area contributed by atoms with Crippen LogP contribution in [0, 0.1) is 0 Å². The first-order valence-electron chi connectivity index (χ1n) is 6.63. The van der Waals surface area contributed by atoms with Crippen LogP contribution in [0.5, 0.6) is 0 Å². The van der Waals surface area contributed by atoms with Crippen LogP contribution in [0.3, 0.4) is 0 Å². The number of rotatable bonds is 4. The quantitative estimate of drug-likeness (QED) is 0.802. The summed E-state index contributed by atoms with van der Waals surface area (Å²) in [5, 5.41) is 9.91. The Morgan fingerprint density at radius 3 is 2.85 bits per heavy atom. The highest BCUT2D eigenvalue weighted by Crippen LogP contribution is 2.13. The molecular weight excluding hydrogens is 260 g/mol. The normalized spacial score (nSPS) is 22.6. The van der Waals surface area contributed by atoms with Crippen LogP contribution < -0.4 is 5.48 Å². The molecule has 1 amide bonds. The number of hydrogen-bond acceptors (Lipinski definition) is 5. The molecule has 20 heavy (non-hydrogen) atoms. The molecule has 1 aliphatic heterocycles. The van der Waals surface area contributed by atoms with Crippen molar-refractivity contribution in [1.29, 1.82) is 0 Å². The van der Waals surface area contributed by atoms with Crippen molar-refractivity contribution < 1.29 is 19.5 Å². The summed E-state index contributed by atoms with van der Waals surface area (Å²) in [5.41, 5.74) is 3.66. The van der Waals surface area contributed by atoms with Crippen LogP contribution in [0.2, 0.25) is 0 Å². The van der Waals surface area contributed by atoms with Crippen molar-refractivity contribution in [3.05, 3.63) is 35.9 Å². The lowest BCUT2D eigenvalue weighted by Crippen LogP contribution is -2.53. The summed E-state index contributed by atoms with van der Waals surface area (Å²) in [6.45, 7) is 1.02. The molecule has 0 radical (unpaired) electrons. The van der Waals surface area contributed by atoms with E-state index < -0.39 is 12.2 Å². The van der Waals surface area contributed by atoms with E-state index in [1.165, 1.54) is 12.0 Å². The number of carbonyl (C=O) groups excluding carboxylic acids is 1. The zero-order chi connectivity index (χ0) is 14.4. The third-order valence-electron chi connectivity index (χ3n) is 3.31. The zero-order valence-electron chi connectivity index (χ0n) is 11.5. The Morgan fingerprint density at radius 2 is 2.20 bits per heavy atom. The topological polar surface area (TPSA) is 71.0 Å². The standard InChI is InChI=1S/C14H20N2O4/c1-19-15-12-7-8-16(9-13(12)17)14(18)20-10-11-5-3-2-4-6-11/h2-6,12-13,15,17H,7-10H2,1H3/t12-,13+/m1/s1. The van der Waals surface area contributed by atoms with E-state index in [0.717, 1.165) is 5.56 Å². The van der Waals surface area contributed by atoms with E-state index in [0.29, 0.717) is 13.0 Å². The predicted molar refractivity (Wildman–Crippen MR) is 72.8 cm³/mol. The van der Waals surface area contributed by atoms with Crippen molar-refractivity contribution in [2.75, 3.05) is 20.2 Å². The van der Waals surface area contributed by atoms with Crippen LogP contribution in [0.15, 0.2) is 30.3 Å². The van der Waals surface area contributed by atoms with Gasteiger partial charge in [0.1, 0.15) is 6.61 Å². The fourth-order valence-electron chi connectivity index (χ4n) is 2.20. The summed E-state index contributed by atoms with van der Waals surface area (Å²) in [5.74, 6) is 0. The lowest BCUT2D eigenvalue weighted by Gasteiger charge is -2.35. The van der Waals surface area contributed by atoms with Crippen LogP contribution in [-0.4, -0.2) is 48.4 Å². The Balaban J connectivity index is 1.79. The Labute approximate surface area is 118 Å². The summed E-state index contributed by atoms with van der Waals surface area (Å²) in [6.07, 6.45) is -0.438. The molecule has 1 aliphatic rings. The highest BCUT2D eigenvalue weighted by atomic mass is 16.6. The van der Waals surface area contributed by atoms with Crippen molar-refractivity contribution in [2.45, 2.75) is 25.2 Å². The monoisotopic (exact) mass is 280 g/mol. The Kier molecular flexibility index (Phi) is 5.34. The number of ether oxygens (including phenoxy) is 1. The van der Waals surface area contributed by atoms with Gasteiger partial charge in [-0.2, -0.15) is 5.48 Å². The molecule has 1 aromatic carbocycles. The molecule has 1 saturated heterocycles. The molecule has 110 valence electrons. The van der Waals surface area contributed by atoms with Crippen molar-refractivity contribution in [1.82, 2.24) is 10.4 Å². The van der Waals surface area contributed by atoms with Crippen LogP contribution in [0.25, 0.3) is 0 Å². The number of likely N-dealkylation sites (tertiary alicyclic amines) is 1. The van der Waals surface area contributed by atoms with Gasteiger partial charge in [0.05, 0.1) is 25.8 Å². The molecule has 0 aliphatic carbocycles. The van der Waals surface area contributed by atoms with E-state index in [-0.39, 0.29) is 19.2 Å². The predicted octanol–water partition coefficient (Wildman–Crippen LogP) is 0.909. The lowest BCUT2D eigenvalue weighted by atomic mass is 10.0. The number of hydrogen-bond donors (Lipinski definition) is 2. The molecule has 1 fully saturated rings. The van der Waals surface area contributed by atoms with E-state index in [9.17, 15) is 9.90 Å².